The number of halogens is 2. The monoisotopic (exact) mass is 360 g/mol. The lowest BCUT2D eigenvalue weighted by atomic mass is 10.1. The lowest BCUT2D eigenvalue weighted by molar-refractivity contribution is -0.118. The summed E-state index contributed by atoms with van der Waals surface area (Å²) in [6.45, 7) is 1.38. The summed E-state index contributed by atoms with van der Waals surface area (Å²) < 4.78 is 31.4. The molecular weight excluding hydrogens is 342 g/mol. The minimum atomic E-state index is -0.876. The van der Waals surface area contributed by atoms with E-state index in [4.69, 9.17) is 4.74 Å². The molecule has 0 atom stereocenters. The van der Waals surface area contributed by atoms with E-state index in [0.717, 1.165) is 30.5 Å². The summed E-state index contributed by atoms with van der Waals surface area (Å²) in [5.41, 5.74) is 1.91. The molecule has 26 heavy (non-hydrogen) atoms. The minimum Gasteiger partial charge on any atom is -0.481 e. The predicted molar refractivity (Wildman–Crippen MR) is 93.0 cm³/mol. The van der Waals surface area contributed by atoms with Crippen molar-refractivity contribution in [2.24, 2.45) is 5.92 Å². The normalized spacial score (nSPS) is 13.2. The first-order valence-corrected chi connectivity index (χ1v) is 8.21. The highest BCUT2D eigenvalue weighted by molar-refractivity contribution is 5.96. The van der Waals surface area contributed by atoms with E-state index in [1.807, 2.05) is 6.92 Å². The molecule has 0 bridgehead atoms. The second kappa shape index (κ2) is 7.51. The van der Waals surface area contributed by atoms with Gasteiger partial charge in [0, 0.05) is 23.4 Å². The van der Waals surface area contributed by atoms with Gasteiger partial charge in [-0.3, -0.25) is 9.59 Å². The van der Waals surface area contributed by atoms with Gasteiger partial charge in [0.25, 0.3) is 5.91 Å². The van der Waals surface area contributed by atoms with Gasteiger partial charge in [0.05, 0.1) is 0 Å². The number of anilines is 2. The summed E-state index contributed by atoms with van der Waals surface area (Å²) in [6.07, 6.45) is 1.80. The molecule has 2 N–H and O–H groups in total. The molecule has 0 radical (unpaired) electrons. The lowest BCUT2D eigenvalue weighted by Gasteiger charge is -2.12. The van der Waals surface area contributed by atoms with E-state index in [-0.39, 0.29) is 17.6 Å². The summed E-state index contributed by atoms with van der Waals surface area (Å²) in [5.74, 6) is -2.25. The first-order chi connectivity index (χ1) is 12.4. The largest absolute Gasteiger partial charge is 0.481 e. The molecule has 0 saturated heterocycles. The Morgan fingerprint density at radius 3 is 2.58 bits per heavy atom. The summed E-state index contributed by atoms with van der Waals surface area (Å²) in [6, 6.07) is 8.05. The van der Waals surface area contributed by atoms with Crippen LogP contribution < -0.4 is 15.4 Å². The van der Waals surface area contributed by atoms with Crippen LogP contribution in [0.2, 0.25) is 0 Å². The molecule has 0 spiro atoms. The maximum atomic E-state index is 13.5. The van der Waals surface area contributed by atoms with Crippen LogP contribution in [0.3, 0.4) is 0 Å². The van der Waals surface area contributed by atoms with Gasteiger partial charge in [-0.05, 0) is 49.6 Å². The SMILES string of the molecule is Cc1ccc(NC(=O)C2CC2)cc1NC(=O)COc1ccc(F)cc1F. The third-order valence-electron chi connectivity index (χ3n) is 3.98. The van der Waals surface area contributed by atoms with Crippen molar-refractivity contribution < 1.29 is 23.1 Å². The number of rotatable bonds is 6. The van der Waals surface area contributed by atoms with Crippen LogP contribution in [0, 0.1) is 24.5 Å². The molecule has 2 aromatic carbocycles. The summed E-state index contributed by atoms with van der Waals surface area (Å²) >= 11 is 0. The molecule has 1 aliphatic carbocycles. The number of benzene rings is 2. The molecule has 2 aromatic rings. The number of amides is 2. The van der Waals surface area contributed by atoms with Crippen LogP contribution in [0.5, 0.6) is 5.75 Å². The van der Waals surface area contributed by atoms with Crippen molar-refractivity contribution >= 4 is 23.2 Å². The highest BCUT2D eigenvalue weighted by Gasteiger charge is 2.29. The molecule has 1 aliphatic rings. The van der Waals surface area contributed by atoms with E-state index >= 15 is 0 Å². The third kappa shape index (κ3) is 4.56. The van der Waals surface area contributed by atoms with Gasteiger partial charge >= 0.3 is 0 Å². The fourth-order valence-electron chi connectivity index (χ4n) is 2.35. The Morgan fingerprint density at radius 1 is 1.12 bits per heavy atom. The summed E-state index contributed by atoms with van der Waals surface area (Å²) in [4.78, 5) is 23.9. The Kier molecular flexibility index (Phi) is 5.16. The van der Waals surface area contributed by atoms with Gasteiger partial charge in [-0.1, -0.05) is 6.07 Å². The van der Waals surface area contributed by atoms with E-state index in [9.17, 15) is 18.4 Å². The average Bonchev–Trinajstić information content (AvgIpc) is 3.42. The Labute approximate surface area is 149 Å². The zero-order valence-electron chi connectivity index (χ0n) is 14.1. The smallest absolute Gasteiger partial charge is 0.262 e. The Balaban J connectivity index is 1.60. The highest BCUT2D eigenvalue weighted by atomic mass is 19.1. The van der Waals surface area contributed by atoms with Crippen molar-refractivity contribution in [3.05, 3.63) is 53.6 Å². The van der Waals surface area contributed by atoms with Gasteiger partial charge in [0.1, 0.15) is 5.82 Å². The molecule has 136 valence electrons. The van der Waals surface area contributed by atoms with E-state index in [1.54, 1.807) is 18.2 Å². The van der Waals surface area contributed by atoms with Gasteiger partial charge in [-0.25, -0.2) is 8.78 Å². The van der Waals surface area contributed by atoms with Crippen molar-refractivity contribution in [2.75, 3.05) is 17.2 Å². The number of nitrogens with one attached hydrogen (secondary N) is 2. The highest BCUT2D eigenvalue weighted by Crippen LogP contribution is 2.30. The van der Waals surface area contributed by atoms with E-state index in [0.29, 0.717) is 17.4 Å². The number of hydrogen-bond donors (Lipinski definition) is 2. The maximum absolute atomic E-state index is 13.5. The van der Waals surface area contributed by atoms with Crippen molar-refractivity contribution in [3.8, 4) is 5.75 Å². The Hall–Kier alpha value is -2.96. The molecule has 0 aromatic heterocycles. The van der Waals surface area contributed by atoms with Gasteiger partial charge in [-0.15, -0.1) is 0 Å². The molecule has 0 unspecified atom stereocenters. The molecule has 1 saturated carbocycles. The fourth-order valence-corrected chi connectivity index (χ4v) is 2.35. The zero-order valence-corrected chi connectivity index (χ0v) is 14.1. The van der Waals surface area contributed by atoms with E-state index in [1.165, 1.54) is 0 Å². The second-order valence-electron chi connectivity index (χ2n) is 6.20. The molecule has 1 fully saturated rings. The van der Waals surface area contributed by atoms with Gasteiger partial charge in [0.2, 0.25) is 5.91 Å². The number of hydrogen-bond acceptors (Lipinski definition) is 3. The topological polar surface area (TPSA) is 67.4 Å². The molecule has 2 amide bonds. The molecule has 3 rings (SSSR count). The van der Waals surface area contributed by atoms with Crippen LogP contribution in [-0.2, 0) is 9.59 Å². The van der Waals surface area contributed by atoms with Gasteiger partial charge in [-0.2, -0.15) is 0 Å². The number of ether oxygens (including phenoxy) is 1. The number of carbonyl (C=O) groups is 2. The third-order valence-corrected chi connectivity index (χ3v) is 3.98. The first-order valence-electron chi connectivity index (χ1n) is 8.21. The zero-order chi connectivity index (χ0) is 18.7. The quantitative estimate of drug-likeness (QED) is 0.826. The Morgan fingerprint density at radius 2 is 1.88 bits per heavy atom. The molecule has 5 nitrogen and oxygen atoms in total. The van der Waals surface area contributed by atoms with Gasteiger partial charge in [0.15, 0.2) is 18.2 Å². The van der Waals surface area contributed by atoms with Crippen LogP contribution in [0.1, 0.15) is 18.4 Å². The molecule has 0 aliphatic heterocycles. The van der Waals surface area contributed by atoms with Crippen molar-refractivity contribution in [1.29, 1.82) is 0 Å². The number of aryl methyl sites for hydroxylation is 1. The van der Waals surface area contributed by atoms with Gasteiger partial charge < -0.3 is 15.4 Å². The maximum Gasteiger partial charge on any atom is 0.262 e. The molecule has 7 heteroatoms. The predicted octanol–water partition coefficient (Wildman–Crippen LogP) is 3.64. The Bertz CT molecular complexity index is 851. The number of carbonyl (C=O) groups excluding carboxylic acids is 2. The van der Waals surface area contributed by atoms with E-state index in [2.05, 4.69) is 10.6 Å². The average molecular weight is 360 g/mol. The lowest BCUT2D eigenvalue weighted by Crippen LogP contribution is -2.21. The second-order valence-corrected chi connectivity index (χ2v) is 6.20. The van der Waals surface area contributed by atoms with Crippen LogP contribution >= 0.6 is 0 Å². The standard InChI is InChI=1S/C19H18F2N2O3/c1-11-2-6-14(22-19(25)12-3-4-12)9-16(11)23-18(24)10-26-17-7-5-13(20)8-15(17)21/h2,5-9,12H,3-4,10H2,1H3,(H,22,25)(H,23,24). The van der Waals surface area contributed by atoms with Crippen LogP contribution in [0.4, 0.5) is 20.2 Å². The van der Waals surface area contributed by atoms with Crippen molar-refractivity contribution in [3.63, 3.8) is 0 Å². The van der Waals surface area contributed by atoms with Crippen LogP contribution in [0.25, 0.3) is 0 Å². The van der Waals surface area contributed by atoms with Crippen molar-refractivity contribution in [2.45, 2.75) is 19.8 Å². The molecule has 0 heterocycles. The van der Waals surface area contributed by atoms with Crippen LogP contribution in [-0.4, -0.2) is 18.4 Å². The van der Waals surface area contributed by atoms with Crippen molar-refractivity contribution in [1.82, 2.24) is 0 Å². The fraction of sp³-hybridized carbons (Fsp3) is 0.263. The first kappa shape index (κ1) is 17.8. The summed E-state index contributed by atoms with van der Waals surface area (Å²) in [5, 5.41) is 5.47. The van der Waals surface area contributed by atoms with E-state index < -0.39 is 24.1 Å². The minimum absolute atomic E-state index is 0.0266. The van der Waals surface area contributed by atoms with Crippen LogP contribution in [0.15, 0.2) is 36.4 Å². The summed E-state index contributed by atoms with van der Waals surface area (Å²) in [7, 11) is 0. The molecular formula is C19H18F2N2O3.